The van der Waals surface area contributed by atoms with Crippen LogP contribution in [0.4, 0.5) is 13.2 Å². The van der Waals surface area contributed by atoms with E-state index in [1.807, 2.05) is 6.07 Å². The van der Waals surface area contributed by atoms with Gasteiger partial charge in [-0.3, -0.25) is 4.79 Å². The number of benzene rings is 1. The molecule has 0 aliphatic carbocycles. The average Bonchev–Trinajstić information content (AvgIpc) is 3.35. The van der Waals surface area contributed by atoms with Crippen LogP contribution in [0.25, 0.3) is 5.13 Å². The van der Waals surface area contributed by atoms with Crippen LogP contribution in [0.3, 0.4) is 0 Å². The summed E-state index contributed by atoms with van der Waals surface area (Å²) in [6, 6.07) is 5.79. The fourth-order valence-corrected chi connectivity index (χ4v) is 3.12. The van der Waals surface area contributed by atoms with E-state index >= 15 is 0 Å². The van der Waals surface area contributed by atoms with E-state index in [9.17, 15) is 18.0 Å². The standard InChI is InChI=1S/C17H10F3N7O2S/c1-9(14-24-8-25-27(14)16-23-7-13(6-22)30-16)26-15(28)11-2-10(5-21)3-12(4-11)29-17(18,19)20/h2-4,7-9H,1H3,(H,26,28)/t9-/m0/s1. The topological polar surface area (TPSA) is 130 Å². The van der Waals surface area contributed by atoms with Gasteiger partial charge in [-0.1, -0.05) is 11.3 Å². The SMILES string of the molecule is C[C@H](NC(=O)c1cc(C#N)cc(OC(F)(F)F)c1)c1ncnn1-c1ncc(C#N)s1. The van der Waals surface area contributed by atoms with E-state index in [-0.39, 0.29) is 17.0 Å². The quantitative estimate of drug-likeness (QED) is 0.655. The highest BCUT2D eigenvalue weighted by atomic mass is 32.1. The molecule has 0 bridgehead atoms. The van der Waals surface area contributed by atoms with Crippen LogP contribution < -0.4 is 10.1 Å². The zero-order valence-electron chi connectivity index (χ0n) is 15.0. The van der Waals surface area contributed by atoms with Gasteiger partial charge in [0.1, 0.15) is 23.0 Å². The number of ether oxygens (including phenoxy) is 1. The van der Waals surface area contributed by atoms with Crippen molar-refractivity contribution in [2.75, 3.05) is 0 Å². The second-order valence-electron chi connectivity index (χ2n) is 5.75. The molecule has 3 rings (SSSR count). The number of hydrogen-bond acceptors (Lipinski definition) is 8. The van der Waals surface area contributed by atoms with Crippen molar-refractivity contribution in [3.8, 4) is 23.0 Å². The lowest BCUT2D eigenvalue weighted by atomic mass is 10.1. The molecule has 0 saturated carbocycles. The smallest absolute Gasteiger partial charge is 0.406 e. The van der Waals surface area contributed by atoms with Crippen LogP contribution in [0.5, 0.6) is 5.75 Å². The molecule has 0 fully saturated rings. The first kappa shape index (κ1) is 20.8. The van der Waals surface area contributed by atoms with Crippen molar-refractivity contribution in [3.63, 3.8) is 0 Å². The third-order valence-electron chi connectivity index (χ3n) is 3.63. The molecular formula is C17H10F3N7O2S. The van der Waals surface area contributed by atoms with Crippen molar-refractivity contribution in [3.05, 3.63) is 52.6 Å². The van der Waals surface area contributed by atoms with Crippen molar-refractivity contribution >= 4 is 17.2 Å². The maximum Gasteiger partial charge on any atom is 0.573 e. The lowest BCUT2D eigenvalue weighted by molar-refractivity contribution is -0.274. The van der Waals surface area contributed by atoms with Gasteiger partial charge in [-0.05, 0) is 25.1 Å². The summed E-state index contributed by atoms with van der Waals surface area (Å²) in [6.07, 6.45) is -2.37. The number of thiazole rings is 1. The molecule has 1 amide bonds. The Balaban J connectivity index is 1.83. The number of halogens is 3. The summed E-state index contributed by atoms with van der Waals surface area (Å²) < 4.78 is 42.6. The van der Waals surface area contributed by atoms with Gasteiger partial charge in [-0.15, -0.1) is 13.2 Å². The third-order valence-corrected chi connectivity index (χ3v) is 4.50. The maximum atomic E-state index is 12.6. The van der Waals surface area contributed by atoms with Gasteiger partial charge in [0.15, 0.2) is 5.82 Å². The minimum atomic E-state index is -4.97. The van der Waals surface area contributed by atoms with Crippen LogP contribution >= 0.6 is 11.3 Å². The highest BCUT2D eigenvalue weighted by molar-refractivity contribution is 7.14. The Morgan fingerprint density at radius 2 is 2.03 bits per heavy atom. The Bertz CT molecular complexity index is 1170. The zero-order chi connectivity index (χ0) is 21.9. The Morgan fingerprint density at radius 1 is 1.27 bits per heavy atom. The fraction of sp³-hybridized carbons (Fsp3) is 0.176. The van der Waals surface area contributed by atoms with E-state index in [0.29, 0.717) is 10.0 Å². The summed E-state index contributed by atoms with van der Waals surface area (Å²) in [4.78, 5) is 21.1. The molecule has 2 aromatic heterocycles. The Hall–Kier alpha value is -3.97. The molecule has 0 spiro atoms. The van der Waals surface area contributed by atoms with Crippen LogP contribution in [-0.2, 0) is 0 Å². The van der Waals surface area contributed by atoms with Crippen LogP contribution in [0.1, 0.15) is 39.6 Å². The molecule has 0 unspecified atom stereocenters. The molecule has 0 aliphatic heterocycles. The molecule has 2 heterocycles. The van der Waals surface area contributed by atoms with Crippen molar-refractivity contribution < 1.29 is 22.7 Å². The fourth-order valence-electron chi connectivity index (χ4n) is 2.44. The predicted octanol–water partition coefficient (Wildman–Crippen LogP) is 2.86. The van der Waals surface area contributed by atoms with Crippen molar-refractivity contribution in [2.45, 2.75) is 19.3 Å². The molecule has 1 N–H and O–H groups in total. The molecular weight excluding hydrogens is 423 g/mol. The minimum Gasteiger partial charge on any atom is -0.406 e. The summed E-state index contributed by atoms with van der Waals surface area (Å²) in [5, 5.41) is 24.9. The Kier molecular flexibility index (Phi) is 5.66. The molecule has 1 aromatic carbocycles. The van der Waals surface area contributed by atoms with Crippen LogP contribution in [-0.4, -0.2) is 32.0 Å². The number of alkyl halides is 3. The molecule has 3 aromatic rings. The van der Waals surface area contributed by atoms with E-state index in [2.05, 4.69) is 25.1 Å². The van der Waals surface area contributed by atoms with Gasteiger partial charge in [0.05, 0.1) is 23.9 Å². The molecule has 0 radical (unpaired) electrons. The van der Waals surface area contributed by atoms with Gasteiger partial charge < -0.3 is 10.1 Å². The zero-order valence-corrected chi connectivity index (χ0v) is 15.8. The van der Waals surface area contributed by atoms with Gasteiger partial charge in [-0.2, -0.15) is 20.3 Å². The summed E-state index contributed by atoms with van der Waals surface area (Å²) >= 11 is 1.07. The van der Waals surface area contributed by atoms with E-state index in [4.69, 9.17) is 10.5 Å². The van der Waals surface area contributed by atoms with Crippen molar-refractivity contribution in [2.24, 2.45) is 0 Å². The number of nitrogens with zero attached hydrogens (tertiary/aromatic N) is 6. The number of rotatable bonds is 5. The van der Waals surface area contributed by atoms with Gasteiger partial charge in [0, 0.05) is 5.56 Å². The number of hydrogen-bond donors (Lipinski definition) is 1. The lowest BCUT2D eigenvalue weighted by Gasteiger charge is -2.15. The number of nitrogens with one attached hydrogen (secondary N) is 1. The third kappa shape index (κ3) is 4.71. The minimum absolute atomic E-state index is 0.176. The Labute approximate surface area is 171 Å². The Morgan fingerprint density at radius 3 is 2.67 bits per heavy atom. The molecule has 152 valence electrons. The van der Waals surface area contributed by atoms with Crippen LogP contribution in [0, 0.1) is 22.7 Å². The van der Waals surface area contributed by atoms with E-state index in [0.717, 1.165) is 29.5 Å². The first-order valence-corrected chi connectivity index (χ1v) is 8.90. The highest BCUT2D eigenvalue weighted by Gasteiger charge is 2.31. The summed E-state index contributed by atoms with van der Waals surface area (Å²) in [5.74, 6) is -1.15. The molecule has 9 nitrogen and oxygen atoms in total. The van der Waals surface area contributed by atoms with E-state index in [1.54, 1.807) is 13.0 Å². The number of carbonyl (C=O) groups excluding carboxylic acids is 1. The molecule has 30 heavy (non-hydrogen) atoms. The molecule has 13 heteroatoms. The average molecular weight is 433 g/mol. The predicted molar refractivity (Wildman–Crippen MR) is 95.5 cm³/mol. The largest absolute Gasteiger partial charge is 0.573 e. The summed E-state index contributed by atoms with van der Waals surface area (Å²) in [5.41, 5.74) is -0.378. The van der Waals surface area contributed by atoms with Gasteiger partial charge >= 0.3 is 6.36 Å². The van der Waals surface area contributed by atoms with E-state index < -0.39 is 24.1 Å². The van der Waals surface area contributed by atoms with Gasteiger partial charge in [0.25, 0.3) is 5.91 Å². The highest BCUT2D eigenvalue weighted by Crippen LogP contribution is 2.25. The van der Waals surface area contributed by atoms with Crippen molar-refractivity contribution in [1.82, 2.24) is 25.1 Å². The monoisotopic (exact) mass is 433 g/mol. The maximum absolute atomic E-state index is 12.6. The van der Waals surface area contributed by atoms with Crippen molar-refractivity contribution in [1.29, 1.82) is 10.5 Å². The van der Waals surface area contributed by atoms with Gasteiger partial charge in [-0.25, -0.2) is 9.97 Å². The molecule has 0 aliphatic rings. The normalized spacial score (nSPS) is 11.9. The first-order valence-electron chi connectivity index (χ1n) is 8.08. The number of aromatic nitrogens is 4. The number of nitriles is 2. The lowest BCUT2D eigenvalue weighted by Crippen LogP contribution is -2.29. The second-order valence-corrected chi connectivity index (χ2v) is 6.76. The van der Waals surface area contributed by atoms with E-state index in [1.165, 1.54) is 17.2 Å². The first-order chi connectivity index (χ1) is 14.2. The second kappa shape index (κ2) is 8.18. The van der Waals surface area contributed by atoms with Crippen LogP contribution in [0.15, 0.2) is 30.7 Å². The van der Waals surface area contributed by atoms with Gasteiger partial charge in [0.2, 0.25) is 5.13 Å². The molecule has 0 saturated heterocycles. The number of amides is 1. The van der Waals surface area contributed by atoms with Crippen LogP contribution in [0.2, 0.25) is 0 Å². The number of carbonyl (C=O) groups is 1. The summed E-state index contributed by atoms with van der Waals surface area (Å²) in [6.45, 7) is 1.58. The molecule has 1 atom stereocenters. The summed E-state index contributed by atoms with van der Waals surface area (Å²) in [7, 11) is 0.